The molecule has 1 saturated carbocycles. The van der Waals surface area contributed by atoms with Gasteiger partial charge in [0.15, 0.2) is 0 Å². The third-order valence-electron chi connectivity index (χ3n) is 8.79. The van der Waals surface area contributed by atoms with Gasteiger partial charge in [0, 0.05) is 43.5 Å². The van der Waals surface area contributed by atoms with Gasteiger partial charge < -0.3 is 14.8 Å². The van der Waals surface area contributed by atoms with Gasteiger partial charge in [-0.3, -0.25) is 30.1 Å². The van der Waals surface area contributed by atoms with Crippen molar-refractivity contribution in [2.24, 2.45) is 17.8 Å². The summed E-state index contributed by atoms with van der Waals surface area (Å²) in [6.07, 6.45) is 3.14. The number of ether oxygens (including phenoxy) is 1. The van der Waals surface area contributed by atoms with Crippen LogP contribution in [0.3, 0.4) is 0 Å². The average Bonchev–Trinajstić information content (AvgIpc) is 3.35. The van der Waals surface area contributed by atoms with E-state index in [1.807, 2.05) is 30.3 Å². The van der Waals surface area contributed by atoms with Crippen LogP contribution < -0.4 is 10.9 Å². The molecule has 5 atom stereocenters. The number of nitrogens with zero attached hydrogens (tertiary/aromatic N) is 2. The van der Waals surface area contributed by atoms with Gasteiger partial charge in [-0.25, -0.2) is 0 Å². The fourth-order valence-electron chi connectivity index (χ4n) is 7.06. The van der Waals surface area contributed by atoms with E-state index in [4.69, 9.17) is 4.74 Å². The number of fused-ring (bicyclic) bond motifs is 6. The zero-order valence-electron chi connectivity index (χ0n) is 24.5. The summed E-state index contributed by atoms with van der Waals surface area (Å²) >= 11 is 0. The van der Waals surface area contributed by atoms with Crippen molar-refractivity contribution in [2.45, 2.75) is 58.2 Å². The van der Waals surface area contributed by atoms with Crippen molar-refractivity contribution in [3.8, 4) is 0 Å². The summed E-state index contributed by atoms with van der Waals surface area (Å²) in [6, 6.07) is 18.4. The number of amides is 2. The summed E-state index contributed by atoms with van der Waals surface area (Å²) in [4.78, 5) is 40.5. The Morgan fingerprint density at radius 1 is 1.02 bits per heavy atom. The van der Waals surface area contributed by atoms with Crippen LogP contribution in [0.4, 0.5) is 0 Å². The van der Waals surface area contributed by atoms with Gasteiger partial charge in [0.1, 0.15) is 0 Å². The molecule has 10 heteroatoms. The summed E-state index contributed by atoms with van der Waals surface area (Å²) in [7, 11) is 1.43. The number of nitrogens with one attached hydrogen (secondary N) is 3. The molecule has 4 N–H and O–H groups in total. The lowest BCUT2D eigenvalue weighted by Gasteiger charge is -2.50. The minimum atomic E-state index is -0.568. The Morgan fingerprint density at radius 3 is 2.40 bits per heavy atom. The first-order valence-corrected chi connectivity index (χ1v) is 14.7. The first kappa shape index (κ1) is 29.8. The third-order valence-corrected chi connectivity index (χ3v) is 8.79. The Kier molecular flexibility index (Phi) is 9.25. The van der Waals surface area contributed by atoms with E-state index in [9.17, 15) is 19.5 Å². The maximum atomic E-state index is 12.4. The van der Waals surface area contributed by atoms with E-state index in [1.165, 1.54) is 48.2 Å². The molecule has 0 bridgehead atoms. The van der Waals surface area contributed by atoms with Gasteiger partial charge in [-0.2, -0.15) is 0 Å². The van der Waals surface area contributed by atoms with E-state index in [-0.39, 0.29) is 29.6 Å². The molecule has 6 rings (SSSR count). The highest BCUT2D eigenvalue weighted by molar-refractivity contribution is 5.85. The van der Waals surface area contributed by atoms with Crippen molar-refractivity contribution in [3.63, 3.8) is 0 Å². The Balaban J connectivity index is 0.000000191. The molecule has 3 aromatic rings. The Morgan fingerprint density at radius 2 is 1.71 bits per heavy atom. The zero-order valence-corrected chi connectivity index (χ0v) is 24.5. The van der Waals surface area contributed by atoms with E-state index >= 15 is 0 Å². The number of methoxy groups -OCH3 is 1. The standard InChI is InChI=1S/C21H26N2O3.C11H15N3O2/c1-26-21(25)19-15-10-17-20-14(13-4-2-3-5-16(13)22-20)8-9-23(17)11-12(15)6-7-18(19)24;1-9(15)12-14(13-10(2)16)8-11-6-4-3-5-7-11/h2-5,12,15,17-19,22,24H,6-11H2,1H3;3-7H,8H2,1-2H3,(H,12,15)(H,13,16)/t12-,15-,17-,18-,19+;/m0./s1. The number of carbonyl (C=O) groups is 3. The number of para-hydroxylation sites is 1. The van der Waals surface area contributed by atoms with Gasteiger partial charge in [-0.15, -0.1) is 5.12 Å². The number of aromatic amines is 1. The second kappa shape index (κ2) is 13.1. The molecule has 2 aromatic carbocycles. The molecule has 2 amide bonds. The average molecular weight is 576 g/mol. The molecule has 3 aliphatic rings. The lowest BCUT2D eigenvalue weighted by Crippen LogP contribution is -2.53. The molecule has 224 valence electrons. The van der Waals surface area contributed by atoms with Gasteiger partial charge in [0.05, 0.1) is 31.7 Å². The maximum Gasteiger partial charge on any atom is 0.311 e. The molecule has 10 nitrogen and oxygen atoms in total. The predicted octanol–water partition coefficient (Wildman–Crippen LogP) is 3.24. The first-order valence-electron chi connectivity index (χ1n) is 14.7. The minimum absolute atomic E-state index is 0.199. The second-order valence-corrected chi connectivity index (χ2v) is 11.6. The van der Waals surface area contributed by atoms with E-state index < -0.39 is 6.10 Å². The number of hydrogen-bond donors (Lipinski definition) is 4. The normalized spacial score (nSPS) is 24.8. The number of aliphatic hydroxyl groups is 1. The van der Waals surface area contributed by atoms with Crippen LogP contribution in [-0.2, 0) is 32.1 Å². The number of aliphatic hydroxyl groups excluding tert-OH is 1. The molecule has 1 saturated heterocycles. The molecule has 3 heterocycles. The van der Waals surface area contributed by atoms with Crippen molar-refractivity contribution in [2.75, 3.05) is 20.2 Å². The molecular formula is C32H41N5O5. The SMILES string of the molecule is CC(=O)NN(Cc1ccccc1)NC(C)=O.COC(=O)[C@@H]1[C@H]2C[C@H]3c4[nH]c5ccccc5c4CCN3C[C@@H]2CC[C@@H]1O. The van der Waals surface area contributed by atoms with E-state index in [1.54, 1.807) is 0 Å². The largest absolute Gasteiger partial charge is 0.469 e. The molecule has 42 heavy (non-hydrogen) atoms. The van der Waals surface area contributed by atoms with E-state index in [2.05, 4.69) is 45.0 Å². The Hall–Kier alpha value is -3.73. The molecule has 0 spiro atoms. The number of H-pyrrole nitrogens is 1. The number of hydrogen-bond acceptors (Lipinski definition) is 7. The predicted molar refractivity (Wildman–Crippen MR) is 158 cm³/mol. The van der Waals surface area contributed by atoms with Crippen LogP contribution >= 0.6 is 0 Å². The highest BCUT2D eigenvalue weighted by Gasteiger charge is 2.49. The van der Waals surface area contributed by atoms with E-state index in [0.29, 0.717) is 24.9 Å². The molecule has 2 aliphatic heterocycles. The van der Waals surface area contributed by atoms with Crippen molar-refractivity contribution in [3.05, 3.63) is 71.4 Å². The Bertz CT molecular complexity index is 1390. The molecule has 1 aliphatic carbocycles. The van der Waals surface area contributed by atoms with Gasteiger partial charge in [-0.05, 0) is 54.7 Å². The highest BCUT2D eigenvalue weighted by Crippen LogP contribution is 2.49. The van der Waals surface area contributed by atoms with Gasteiger partial charge in [0.2, 0.25) is 11.8 Å². The quantitative estimate of drug-likeness (QED) is 0.272. The number of rotatable bonds is 5. The summed E-state index contributed by atoms with van der Waals surface area (Å²) in [5.41, 5.74) is 9.99. The van der Waals surface area contributed by atoms with Crippen molar-refractivity contribution >= 4 is 28.7 Å². The number of aromatic nitrogens is 1. The fourth-order valence-corrected chi connectivity index (χ4v) is 7.06. The van der Waals surface area contributed by atoms with Gasteiger partial charge in [-0.1, -0.05) is 48.5 Å². The second-order valence-electron chi connectivity index (χ2n) is 11.6. The summed E-state index contributed by atoms with van der Waals surface area (Å²) < 4.78 is 5.04. The summed E-state index contributed by atoms with van der Waals surface area (Å²) in [5.74, 6) is -0.409. The molecular weight excluding hydrogens is 534 g/mol. The zero-order chi connectivity index (χ0) is 29.8. The third kappa shape index (κ3) is 6.51. The Labute approximate surface area is 246 Å². The van der Waals surface area contributed by atoms with Crippen LogP contribution in [0.25, 0.3) is 10.9 Å². The van der Waals surface area contributed by atoms with Crippen LogP contribution in [0.15, 0.2) is 54.6 Å². The van der Waals surface area contributed by atoms with Crippen molar-refractivity contribution < 1.29 is 24.2 Å². The van der Waals surface area contributed by atoms with Gasteiger partial charge in [0.25, 0.3) is 0 Å². The number of piperidine rings is 1. The number of benzene rings is 2. The molecule has 0 unspecified atom stereocenters. The maximum absolute atomic E-state index is 12.4. The van der Waals surface area contributed by atoms with Crippen LogP contribution in [0.2, 0.25) is 0 Å². The molecule has 0 radical (unpaired) electrons. The number of esters is 1. The van der Waals surface area contributed by atoms with Gasteiger partial charge >= 0.3 is 5.97 Å². The van der Waals surface area contributed by atoms with E-state index in [0.717, 1.165) is 37.9 Å². The highest BCUT2D eigenvalue weighted by atomic mass is 16.5. The van der Waals surface area contributed by atoms with Crippen LogP contribution in [0.1, 0.15) is 56.0 Å². The monoisotopic (exact) mass is 575 g/mol. The number of hydrazine groups is 2. The summed E-state index contributed by atoms with van der Waals surface area (Å²) in [5, 5.41) is 13.2. The first-order chi connectivity index (χ1) is 20.2. The van der Waals surface area contributed by atoms with Crippen LogP contribution in [-0.4, -0.2) is 64.2 Å². The molecule has 2 fully saturated rings. The fraction of sp³-hybridized carbons (Fsp3) is 0.469. The van der Waals surface area contributed by atoms with Crippen molar-refractivity contribution in [1.29, 1.82) is 0 Å². The van der Waals surface area contributed by atoms with Crippen molar-refractivity contribution in [1.82, 2.24) is 25.9 Å². The van der Waals surface area contributed by atoms with Crippen LogP contribution in [0.5, 0.6) is 0 Å². The summed E-state index contributed by atoms with van der Waals surface area (Å²) in [6.45, 7) is 5.29. The number of carbonyl (C=O) groups excluding carboxylic acids is 3. The molecule has 1 aromatic heterocycles. The lowest BCUT2D eigenvalue weighted by atomic mass is 9.65. The minimum Gasteiger partial charge on any atom is -0.469 e. The smallest absolute Gasteiger partial charge is 0.311 e. The van der Waals surface area contributed by atoms with Crippen LogP contribution in [0, 0.1) is 17.8 Å². The topological polar surface area (TPSA) is 127 Å². The lowest BCUT2D eigenvalue weighted by molar-refractivity contribution is -0.160.